The minimum Gasteiger partial charge on any atom is -0.396 e. The molecule has 0 spiro atoms. The maximum Gasteiger partial charge on any atom is 0.408 e. The average molecular weight is 335 g/mol. The van der Waals surface area contributed by atoms with E-state index in [1.165, 1.54) is 18.5 Å². The number of rotatable bonds is 6. The van der Waals surface area contributed by atoms with Crippen molar-refractivity contribution in [3.8, 4) is 11.3 Å². The van der Waals surface area contributed by atoms with E-state index < -0.39 is 12.7 Å². The molecule has 0 fully saturated rings. The normalized spacial score (nSPS) is 11.7. The van der Waals surface area contributed by atoms with E-state index in [-0.39, 0.29) is 11.8 Å². The van der Waals surface area contributed by atoms with Gasteiger partial charge in [-0.25, -0.2) is 4.98 Å². The van der Waals surface area contributed by atoms with Gasteiger partial charge < -0.3 is 10.4 Å². The van der Waals surface area contributed by atoms with Crippen LogP contribution in [0.3, 0.4) is 0 Å². The number of anilines is 1. The number of nitrogens with one attached hydrogen (secondary N) is 1. The first-order valence-electron chi connectivity index (χ1n) is 6.50. The van der Waals surface area contributed by atoms with Crippen LogP contribution in [-0.4, -0.2) is 39.2 Å². The predicted octanol–water partition coefficient (Wildman–Crippen LogP) is 2.96. The molecule has 0 unspecified atom stereocenters. The van der Waals surface area contributed by atoms with Crippen LogP contribution in [0.15, 0.2) is 24.5 Å². The lowest BCUT2D eigenvalue weighted by Crippen LogP contribution is -2.18. The quantitative estimate of drug-likeness (QED) is 0.630. The number of pyridine rings is 1. The standard InChI is InChI=1S/C13H14ClF3N4O/c14-12-6-11(18-3-1-5-22)9(7-19-12)10-2-4-21(20-10)8-13(15,16)17/h2,4,6-7,22H,1,3,5,8H2,(H,18,19). The molecule has 120 valence electrons. The third kappa shape index (κ3) is 4.60. The SMILES string of the molecule is OCCCNc1cc(Cl)ncc1-c1ccn(CC(F)(F)F)n1. The highest BCUT2D eigenvalue weighted by molar-refractivity contribution is 6.29. The number of hydrogen-bond acceptors (Lipinski definition) is 4. The number of aliphatic hydroxyl groups is 1. The number of nitrogens with zero attached hydrogens (tertiary/aromatic N) is 3. The average Bonchev–Trinajstić information content (AvgIpc) is 2.85. The van der Waals surface area contributed by atoms with Crippen LogP contribution in [0.1, 0.15) is 6.42 Å². The van der Waals surface area contributed by atoms with Crippen molar-refractivity contribution >= 4 is 17.3 Å². The first-order valence-corrected chi connectivity index (χ1v) is 6.88. The summed E-state index contributed by atoms with van der Waals surface area (Å²) in [6, 6.07) is 3.05. The summed E-state index contributed by atoms with van der Waals surface area (Å²) in [5, 5.41) is 16.0. The van der Waals surface area contributed by atoms with Crippen LogP contribution in [0.2, 0.25) is 5.15 Å². The summed E-state index contributed by atoms with van der Waals surface area (Å²) in [5.74, 6) is 0. The van der Waals surface area contributed by atoms with E-state index in [2.05, 4.69) is 15.4 Å². The summed E-state index contributed by atoms with van der Waals surface area (Å²) >= 11 is 5.83. The Morgan fingerprint density at radius 2 is 2.14 bits per heavy atom. The first-order chi connectivity index (χ1) is 10.4. The molecule has 0 aliphatic carbocycles. The second-order valence-electron chi connectivity index (χ2n) is 4.57. The van der Waals surface area contributed by atoms with E-state index in [1.807, 2.05) is 0 Å². The molecule has 2 heterocycles. The van der Waals surface area contributed by atoms with Gasteiger partial charge >= 0.3 is 6.18 Å². The molecule has 0 radical (unpaired) electrons. The number of aromatic nitrogens is 3. The van der Waals surface area contributed by atoms with E-state index in [4.69, 9.17) is 16.7 Å². The van der Waals surface area contributed by atoms with Crippen LogP contribution in [0.4, 0.5) is 18.9 Å². The molecule has 0 bridgehead atoms. The van der Waals surface area contributed by atoms with Gasteiger partial charge in [0.1, 0.15) is 11.7 Å². The summed E-state index contributed by atoms with van der Waals surface area (Å²) in [6.07, 6.45) is -1.09. The molecule has 22 heavy (non-hydrogen) atoms. The molecule has 0 amide bonds. The maximum atomic E-state index is 12.4. The Bertz CT molecular complexity index is 630. The fourth-order valence-electron chi connectivity index (χ4n) is 1.86. The van der Waals surface area contributed by atoms with Crippen LogP contribution in [0.25, 0.3) is 11.3 Å². The van der Waals surface area contributed by atoms with Crippen molar-refractivity contribution in [1.82, 2.24) is 14.8 Å². The summed E-state index contributed by atoms with van der Waals surface area (Å²) in [4.78, 5) is 3.93. The summed E-state index contributed by atoms with van der Waals surface area (Å²) in [7, 11) is 0. The van der Waals surface area contributed by atoms with Gasteiger partial charge in [-0.05, 0) is 18.6 Å². The minimum absolute atomic E-state index is 0.0291. The van der Waals surface area contributed by atoms with Gasteiger partial charge in [0, 0.05) is 36.8 Å². The van der Waals surface area contributed by atoms with Gasteiger partial charge in [0.05, 0.1) is 5.69 Å². The smallest absolute Gasteiger partial charge is 0.396 e. The molecule has 0 aromatic carbocycles. The van der Waals surface area contributed by atoms with Gasteiger partial charge in [0.15, 0.2) is 0 Å². The van der Waals surface area contributed by atoms with Crippen molar-refractivity contribution in [2.24, 2.45) is 0 Å². The highest BCUT2D eigenvalue weighted by Crippen LogP contribution is 2.28. The molecule has 2 aromatic rings. The topological polar surface area (TPSA) is 63.0 Å². The Labute approximate surface area is 129 Å². The van der Waals surface area contributed by atoms with E-state index in [0.717, 1.165) is 4.68 Å². The fraction of sp³-hybridized carbons (Fsp3) is 0.385. The van der Waals surface area contributed by atoms with Gasteiger partial charge in [-0.3, -0.25) is 4.68 Å². The molecule has 2 rings (SSSR count). The van der Waals surface area contributed by atoms with E-state index in [9.17, 15) is 13.2 Å². The second kappa shape index (κ2) is 6.97. The Morgan fingerprint density at radius 3 is 2.82 bits per heavy atom. The van der Waals surface area contributed by atoms with Crippen molar-refractivity contribution in [3.63, 3.8) is 0 Å². The maximum absolute atomic E-state index is 12.4. The summed E-state index contributed by atoms with van der Waals surface area (Å²) in [6.45, 7) is -0.629. The van der Waals surface area contributed by atoms with Gasteiger partial charge in [-0.1, -0.05) is 11.6 Å². The van der Waals surface area contributed by atoms with Gasteiger partial charge in [-0.2, -0.15) is 18.3 Å². The predicted molar refractivity (Wildman–Crippen MR) is 76.7 cm³/mol. The molecular formula is C13H14ClF3N4O. The van der Waals surface area contributed by atoms with Crippen molar-refractivity contribution in [2.45, 2.75) is 19.1 Å². The van der Waals surface area contributed by atoms with Gasteiger partial charge in [-0.15, -0.1) is 0 Å². The van der Waals surface area contributed by atoms with Crippen LogP contribution >= 0.6 is 11.6 Å². The lowest BCUT2D eigenvalue weighted by molar-refractivity contribution is -0.142. The van der Waals surface area contributed by atoms with Crippen LogP contribution < -0.4 is 5.32 Å². The molecule has 2 N–H and O–H groups in total. The fourth-order valence-corrected chi connectivity index (χ4v) is 2.02. The zero-order chi connectivity index (χ0) is 16.2. The molecule has 0 saturated heterocycles. The zero-order valence-electron chi connectivity index (χ0n) is 11.4. The second-order valence-corrected chi connectivity index (χ2v) is 4.96. The van der Waals surface area contributed by atoms with Crippen molar-refractivity contribution in [3.05, 3.63) is 29.7 Å². The van der Waals surface area contributed by atoms with E-state index >= 15 is 0 Å². The summed E-state index contributed by atoms with van der Waals surface area (Å²) < 4.78 is 37.9. The molecule has 0 aliphatic rings. The number of aliphatic hydroxyl groups excluding tert-OH is 1. The minimum atomic E-state index is -4.33. The Hall–Kier alpha value is -1.80. The highest BCUT2D eigenvalue weighted by atomic mass is 35.5. The number of alkyl halides is 3. The molecule has 2 aromatic heterocycles. The number of hydrogen-bond donors (Lipinski definition) is 2. The molecule has 0 aliphatic heterocycles. The highest BCUT2D eigenvalue weighted by Gasteiger charge is 2.28. The van der Waals surface area contributed by atoms with E-state index in [0.29, 0.717) is 29.9 Å². The monoisotopic (exact) mass is 334 g/mol. The third-order valence-electron chi connectivity index (χ3n) is 2.78. The van der Waals surface area contributed by atoms with Crippen LogP contribution in [0, 0.1) is 0 Å². The molecule has 0 atom stereocenters. The Balaban J connectivity index is 2.24. The summed E-state index contributed by atoms with van der Waals surface area (Å²) in [5.41, 5.74) is 1.51. The zero-order valence-corrected chi connectivity index (χ0v) is 12.2. The largest absolute Gasteiger partial charge is 0.408 e. The Kier molecular flexibility index (Phi) is 5.25. The molecule has 5 nitrogen and oxygen atoms in total. The third-order valence-corrected chi connectivity index (χ3v) is 2.99. The first kappa shape index (κ1) is 16.6. The number of halogens is 4. The lowest BCUT2D eigenvalue weighted by atomic mass is 10.1. The molecular weight excluding hydrogens is 321 g/mol. The van der Waals surface area contributed by atoms with Crippen molar-refractivity contribution < 1.29 is 18.3 Å². The molecule has 9 heteroatoms. The van der Waals surface area contributed by atoms with Gasteiger partial charge in [0.2, 0.25) is 0 Å². The lowest BCUT2D eigenvalue weighted by Gasteiger charge is -2.10. The molecule has 0 saturated carbocycles. The van der Waals surface area contributed by atoms with E-state index in [1.54, 1.807) is 6.07 Å². The van der Waals surface area contributed by atoms with Crippen molar-refractivity contribution in [1.29, 1.82) is 0 Å². The van der Waals surface area contributed by atoms with Crippen molar-refractivity contribution in [2.75, 3.05) is 18.5 Å². The Morgan fingerprint density at radius 1 is 1.36 bits per heavy atom. The van der Waals surface area contributed by atoms with Crippen LogP contribution in [-0.2, 0) is 6.54 Å². The van der Waals surface area contributed by atoms with Crippen LogP contribution in [0.5, 0.6) is 0 Å². The van der Waals surface area contributed by atoms with Gasteiger partial charge in [0.25, 0.3) is 0 Å².